The molecule has 0 amide bonds. The van der Waals surface area contributed by atoms with Gasteiger partial charge in [0, 0.05) is 24.5 Å². The summed E-state index contributed by atoms with van der Waals surface area (Å²) in [5.41, 5.74) is 2.15. The van der Waals surface area contributed by atoms with Crippen LogP contribution in [0, 0.1) is 0 Å². The molecule has 2 heterocycles. The molecule has 3 rings (SSSR count). The lowest BCUT2D eigenvalue weighted by atomic mass is 10.2. The zero-order valence-corrected chi connectivity index (χ0v) is 11.6. The largest absolute Gasteiger partial charge is 0.394 e. The van der Waals surface area contributed by atoms with Crippen LogP contribution in [0.1, 0.15) is 37.3 Å². The lowest BCUT2D eigenvalue weighted by Gasteiger charge is -2.08. The van der Waals surface area contributed by atoms with Gasteiger partial charge in [0.2, 0.25) is 0 Å². The fraction of sp³-hybridized carbons (Fsp3) is 0.571. The van der Waals surface area contributed by atoms with E-state index in [1.165, 1.54) is 31.2 Å². The predicted octanol–water partition coefficient (Wildman–Crippen LogP) is 1.80. The Bertz CT molecular complexity index is 541. The highest BCUT2D eigenvalue weighted by Crippen LogP contribution is 2.28. The molecule has 0 saturated heterocycles. The Hall–Kier alpha value is -1.82. The summed E-state index contributed by atoms with van der Waals surface area (Å²) in [6.45, 7) is 1.38. The Labute approximate surface area is 118 Å². The monoisotopic (exact) mass is 275 g/mol. The zero-order valence-electron chi connectivity index (χ0n) is 11.6. The first-order valence-corrected chi connectivity index (χ1v) is 7.25. The van der Waals surface area contributed by atoms with Crippen molar-refractivity contribution < 1.29 is 5.11 Å². The molecule has 1 fully saturated rings. The number of aromatic nitrogens is 4. The third-order valence-electron chi connectivity index (χ3n) is 3.81. The molecular formula is C14H21N5O. The third kappa shape index (κ3) is 3.01. The Morgan fingerprint density at radius 1 is 1.20 bits per heavy atom. The fourth-order valence-electron chi connectivity index (χ4n) is 2.72. The van der Waals surface area contributed by atoms with Crippen LogP contribution in [-0.4, -0.2) is 31.3 Å². The van der Waals surface area contributed by atoms with Crippen LogP contribution in [0.4, 0.5) is 5.69 Å². The molecule has 0 atom stereocenters. The second kappa shape index (κ2) is 6.09. The van der Waals surface area contributed by atoms with E-state index in [0.29, 0.717) is 12.6 Å². The number of aliphatic hydroxyl groups excluding tert-OH is 1. The van der Waals surface area contributed by atoms with Gasteiger partial charge in [0.1, 0.15) is 0 Å². The number of nitrogens with one attached hydrogen (secondary N) is 1. The molecule has 0 aliphatic heterocycles. The normalized spacial score (nSPS) is 15.8. The van der Waals surface area contributed by atoms with E-state index >= 15 is 0 Å². The van der Waals surface area contributed by atoms with Gasteiger partial charge >= 0.3 is 0 Å². The lowest BCUT2D eigenvalue weighted by molar-refractivity contribution is 0.269. The summed E-state index contributed by atoms with van der Waals surface area (Å²) in [6.07, 6.45) is 12.9. The van der Waals surface area contributed by atoms with Crippen molar-refractivity contribution in [3.63, 3.8) is 0 Å². The SMILES string of the molecule is OCCn1cc(NCc2cnn(C3CCCC3)c2)cn1. The third-order valence-corrected chi connectivity index (χ3v) is 3.81. The molecule has 20 heavy (non-hydrogen) atoms. The topological polar surface area (TPSA) is 67.9 Å². The number of anilines is 1. The lowest BCUT2D eigenvalue weighted by Crippen LogP contribution is -2.04. The highest BCUT2D eigenvalue weighted by Gasteiger charge is 2.17. The predicted molar refractivity (Wildman–Crippen MR) is 76.4 cm³/mol. The number of hydrogen-bond acceptors (Lipinski definition) is 4. The maximum atomic E-state index is 8.85. The zero-order chi connectivity index (χ0) is 13.8. The molecule has 0 spiro atoms. The Morgan fingerprint density at radius 3 is 2.85 bits per heavy atom. The summed E-state index contributed by atoms with van der Waals surface area (Å²) in [5, 5.41) is 20.8. The van der Waals surface area contributed by atoms with Crippen molar-refractivity contribution in [1.82, 2.24) is 19.6 Å². The van der Waals surface area contributed by atoms with Crippen molar-refractivity contribution in [2.75, 3.05) is 11.9 Å². The minimum Gasteiger partial charge on any atom is -0.394 e. The molecule has 0 aromatic carbocycles. The van der Waals surface area contributed by atoms with Crippen molar-refractivity contribution in [3.8, 4) is 0 Å². The Kier molecular flexibility index (Phi) is 4.01. The van der Waals surface area contributed by atoms with Gasteiger partial charge in [0.25, 0.3) is 0 Å². The van der Waals surface area contributed by atoms with E-state index in [2.05, 4.69) is 26.4 Å². The molecule has 2 aromatic rings. The van der Waals surface area contributed by atoms with Crippen LogP contribution in [-0.2, 0) is 13.1 Å². The minimum atomic E-state index is 0.106. The van der Waals surface area contributed by atoms with Gasteiger partial charge in [0.05, 0.1) is 37.3 Å². The molecule has 2 N–H and O–H groups in total. The van der Waals surface area contributed by atoms with Crippen molar-refractivity contribution >= 4 is 5.69 Å². The fourth-order valence-corrected chi connectivity index (χ4v) is 2.72. The van der Waals surface area contributed by atoms with Gasteiger partial charge < -0.3 is 10.4 Å². The first-order chi connectivity index (χ1) is 9.85. The van der Waals surface area contributed by atoms with Gasteiger partial charge in [0.15, 0.2) is 0 Å². The van der Waals surface area contributed by atoms with Crippen LogP contribution in [0.5, 0.6) is 0 Å². The highest BCUT2D eigenvalue weighted by molar-refractivity contribution is 5.38. The molecule has 1 aliphatic rings. The second-order valence-corrected chi connectivity index (χ2v) is 5.34. The molecule has 1 saturated carbocycles. The minimum absolute atomic E-state index is 0.106. The molecule has 2 aromatic heterocycles. The summed E-state index contributed by atoms with van der Waals surface area (Å²) in [4.78, 5) is 0. The van der Waals surface area contributed by atoms with Gasteiger partial charge in [-0.05, 0) is 12.8 Å². The summed E-state index contributed by atoms with van der Waals surface area (Å²) >= 11 is 0. The average molecular weight is 275 g/mol. The smallest absolute Gasteiger partial charge is 0.0729 e. The molecule has 0 unspecified atom stereocenters. The van der Waals surface area contributed by atoms with E-state index in [0.717, 1.165) is 12.2 Å². The van der Waals surface area contributed by atoms with Gasteiger partial charge in [-0.3, -0.25) is 9.36 Å². The standard InChI is InChI=1S/C14H21N5O/c20-6-5-18-11-13(9-16-18)15-7-12-8-17-19(10-12)14-3-1-2-4-14/h8-11,14-15,20H,1-7H2. The highest BCUT2D eigenvalue weighted by atomic mass is 16.3. The number of aliphatic hydroxyl groups is 1. The maximum Gasteiger partial charge on any atom is 0.0729 e. The van der Waals surface area contributed by atoms with Crippen LogP contribution in [0.3, 0.4) is 0 Å². The first-order valence-electron chi connectivity index (χ1n) is 7.25. The summed E-state index contributed by atoms with van der Waals surface area (Å²) in [7, 11) is 0. The maximum absolute atomic E-state index is 8.85. The Morgan fingerprint density at radius 2 is 2.05 bits per heavy atom. The molecule has 0 bridgehead atoms. The second-order valence-electron chi connectivity index (χ2n) is 5.34. The van der Waals surface area contributed by atoms with Crippen molar-refractivity contribution in [2.45, 2.75) is 44.8 Å². The van der Waals surface area contributed by atoms with Crippen LogP contribution < -0.4 is 5.32 Å². The molecule has 6 heteroatoms. The van der Waals surface area contributed by atoms with Crippen molar-refractivity contribution in [2.24, 2.45) is 0 Å². The average Bonchev–Trinajstić information content (AvgIpc) is 3.18. The van der Waals surface area contributed by atoms with Crippen LogP contribution in [0.2, 0.25) is 0 Å². The van der Waals surface area contributed by atoms with E-state index in [1.807, 2.05) is 12.4 Å². The van der Waals surface area contributed by atoms with E-state index in [-0.39, 0.29) is 6.61 Å². The van der Waals surface area contributed by atoms with Crippen LogP contribution >= 0.6 is 0 Å². The number of rotatable bonds is 6. The Balaban J connectivity index is 1.54. The van der Waals surface area contributed by atoms with Crippen LogP contribution in [0.15, 0.2) is 24.8 Å². The summed E-state index contributed by atoms with van der Waals surface area (Å²) in [5.74, 6) is 0. The van der Waals surface area contributed by atoms with E-state index in [9.17, 15) is 0 Å². The first kappa shape index (κ1) is 13.2. The number of hydrogen-bond donors (Lipinski definition) is 2. The van der Waals surface area contributed by atoms with Gasteiger partial charge in [-0.15, -0.1) is 0 Å². The van der Waals surface area contributed by atoms with Crippen molar-refractivity contribution in [3.05, 3.63) is 30.4 Å². The van der Waals surface area contributed by atoms with E-state index in [4.69, 9.17) is 5.11 Å². The van der Waals surface area contributed by atoms with Gasteiger partial charge in [-0.1, -0.05) is 12.8 Å². The van der Waals surface area contributed by atoms with Crippen molar-refractivity contribution in [1.29, 1.82) is 0 Å². The van der Waals surface area contributed by atoms with E-state index < -0.39 is 0 Å². The summed E-state index contributed by atoms with van der Waals surface area (Å²) in [6, 6.07) is 0.594. The molecule has 6 nitrogen and oxygen atoms in total. The van der Waals surface area contributed by atoms with E-state index in [1.54, 1.807) is 10.9 Å². The number of nitrogens with zero attached hydrogens (tertiary/aromatic N) is 4. The van der Waals surface area contributed by atoms with Gasteiger partial charge in [-0.2, -0.15) is 10.2 Å². The molecule has 108 valence electrons. The van der Waals surface area contributed by atoms with Gasteiger partial charge in [-0.25, -0.2) is 0 Å². The summed E-state index contributed by atoms with van der Waals surface area (Å²) < 4.78 is 3.84. The molecule has 0 radical (unpaired) electrons. The quantitative estimate of drug-likeness (QED) is 0.843. The molecular weight excluding hydrogens is 254 g/mol. The van der Waals surface area contributed by atoms with Crippen LogP contribution in [0.25, 0.3) is 0 Å². The molecule has 1 aliphatic carbocycles.